The molecule has 2 aromatic rings. The lowest BCUT2D eigenvalue weighted by atomic mass is 10.1. The van der Waals surface area contributed by atoms with Crippen LogP contribution in [-0.4, -0.2) is 16.8 Å². The Labute approximate surface area is 145 Å². The first-order valence-corrected chi connectivity index (χ1v) is 7.77. The van der Waals surface area contributed by atoms with E-state index >= 15 is 0 Å². The highest BCUT2D eigenvalue weighted by molar-refractivity contribution is 9.10. The van der Waals surface area contributed by atoms with Crippen molar-refractivity contribution in [3.8, 4) is 0 Å². The van der Waals surface area contributed by atoms with E-state index in [4.69, 9.17) is 4.74 Å². The minimum atomic E-state index is -0.559. The van der Waals surface area contributed by atoms with Gasteiger partial charge in [0.15, 0.2) is 5.70 Å². The van der Waals surface area contributed by atoms with Crippen LogP contribution in [0.1, 0.15) is 16.7 Å². The third-order valence-electron chi connectivity index (χ3n) is 3.46. The summed E-state index contributed by atoms with van der Waals surface area (Å²) in [5.41, 5.74) is 1.97. The normalized spacial score (nSPS) is 15.3. The smallest absolute Gasteiger partial charge is 0.363 e. The molecule has 0 saturated carbocycles. The van der Waals surface area contributed by atoms with Crippen molar-refractivity contribution in [3.05, 3.63) is 79.4 Å². The number of hydrogen-bond acceptors (Lipinski definition) is 5. The fourth-order valence-electron chi connectivity index (χ4n) is 2.27. The molecule has 6 nitrogen and oxygen atoms in total. The van der Waals surface area contributed by atoms with Crippen LogP contribution >= 0.6 is 15.9 Å². The molecule has 0 atom stereocenters. The van der Waals surface area contributed by atoms with Crippen molar-refractivity contribution in [2.24, 2.45) is 4.99 Å². The predicted octanol–water partition coefficient (Wildman–Crippen LogP) is 4.01. The topological polar surface area (TPSA) is 81.8 Å². The summed E-state index contributed by atoms with van der Waals surface area (Å²) in [5.74, 6) is -0.423. The standard InChI is InChI=1S/C17H11BrN2O4/c1-10-8-12(6-7-15(10)20(22)23)16-19-14(17(21)24-16)9-11-4-2-3-5-13(11)18/h2-9H,1H3/b14-9-. The van der Waals surface area contributed by atoms with Crippen molar-refractivity contribution >= 4 is 39.6 Å². The van der Waals surface area contributed by atoms with Crippen LogP contribution < -0.4 is 0 Å². The van der Waals surface area contributed by atoms with Gasteiger partial charge in [-0.2, -0.15) is 0 Å². The summed E-state index contributed by atoms with van der Waals surface area (Å²) in [5, 5.41) is 10.9. The lowest BCUT2D eigenvalue weighted by molar-refractivity contribution is -0.385. The average Bonchev–Trinajstić information content (AvgIpc) is 2.90. The number of benzene rings is 2. The van der Waals surface area contributed by atoms with Crippen molar-refractivity contribution in [2.45, 2.75) is 6.92 Å². The zero-order valence-electron chi connectivity index (χ0n) is 12.5. The minimum Gasteiger partial charge on any atom is -0.402 e. The van der Waals surface area contributed by atoms with E-state index in [0.29, 0.717) is 11.1 Å². The van der Waals surface area contributed by atoms with E-state index in [0.717, 1.165) is 10.0 Å². The fourth-order valence-corrected chi connectivity index (χ4v) is 2.66. The van der Waals surface area contributed by atoms with Crippen LogP contribution in [0.4, 0.5) is 5.69 Å². The van der Waals surface area contributed by atoms with Crippen molar-refractivity contribution in [1.82, 2.24) is 0 Å². The van der Waals surface area contributed by atoms with E-state index in [1.807, 2.05) is 24.3 Å². The van der Waals surface area contributed by atoms with Gasteiger partial charge >= 0.3 is 5.97 Å². The van der Waals surface area contributed by atoms with Gasteiger partial charge in [-0.15, -0.1) is 0 Å². The summed E-state index contributed by atoms with van der Waals surface area (Å²) < 4.78 is 6.02. The second-order valence-electron chi connectivity index (χ2n) is 5.12. The molecule has 120 valence electrons. The SMILES string of the molecule is Cc1cc(C2=N/C(=C\c3ccccc3Br)C(=O)O2)ccc1[N+](=O)[O-]. The van der Waals surface area contributed by atoms with Crippen molar-refractivity contribution in [2.75, 3.05) is 0 Å². The molecule has 0 bridgehead atoms. The quantitative estimate of drug-likeness (QED) is 0.345. The number of halogens is 1. The number of rotatable bonds is 3. The Bertz CT molecular complexity index is 919. The highest BCUT2D eigenvalue weighted by Gasteiger charge is 2.25. The molecule has 0 fully saturated rings. The molecule has 24 heavy (non-hydrogen) atoms. The van der Waals surface area contributed by atoms with E-state index in [1.54, 1.807) is 19.1 Å². The number of aryl methyl sites for hydroxylation is 1. The molecular weight excluding hydrogens is 376 g/mol. The molecule has 0 N–H and O–H groups in total. The third kappa shape index (κ3) is 3.11. The van der Waals surface area contributed by atoms with Crippen LogP contribution in [0.25, 0.3) is 6.08 Å². The second kappa shape index (κ2) is 6.37. The van der Waals surface area contributed by atoms with Gasteiger partial charge in [-0.3, -0.25) is 10.1 Å². The van der Waals surface area contributed by atoms with E-state index < -0.39 is 10.9 Å². The summed E-state index contributed by atoms with van der Waals surface area (Å²) in [6.45, 7) is 1.62. The molecule has 1 aliphatic rings. The van der Waals surface area contributed by atoms with Gasteiger partial charge < -0.3 is 4.74 Å². The first kappa shape index (κ1) is 16.1. The van der Waals surface area contributed by atoms with Crippen LogP contribution in [0.5, 0.6) is 0 Å². The largest absolute Gasteiger partial charge is 0.402 e. The maximum atomic E-state index is 12.0. The zero-order valence-corrected chi connectivity index (χ0v) is 14.1. The number of esters is 1. The van der Waals surface area contributed by atoms with E-state index in [-0.39, 0.29) is 17.3 Å². The molecule has 0 spiro atoms. The van der Waals surface area contributed by atoms with Crippen molar-refractivity contribution < 1.29 is 14.5 Å². The number of carbonyl (C=O) groups is 1. The maximum absolute atomic E-state index is 12.0. The highest BCUT2D eigenvalue weighted by atomic mass is 79.9. The number of hydrogen-bond donors (Lipinski definition) is 0. The van der Waals surface area contributed by atoms with Crippen LogP contribution in [0.2, 0.25) is 0 Å². The van der Waals surface area contributed by atoms with Gasteiger partial charge in [0.1, 0.15) is 0 Å². The number of nitro groups is 1. The Morgan fingerprint density at radius 3 is 2.67 bits per heavy atom. The minimum absolute atomic E-state index is 0.00709. The maximum Gasteiger partial charge on any atom is 0.363 e. The lowest BCUT2D eigenvalue weighted by Crippen LogP contribution is -2.06. The van der Waals surface area contributed by atoms with Gasteiger partial charge in [-0.1, -0.05) is 34.1 Å². The number of nitro benzene ring substituents is 1. The average molecular weight is 387 g/mol. The number of nitrogens with zero attached hydrogens (tertiary/aromatic N) is 2. The van der Waals surface area contributed by atoms with Gasteiger partial charge in [0.25, 0.3) is 5.69 Å². The first-order chi connectivity index (χ1) is 11.5. The highest BCUT2D eigenvalue weighted by Crippen LogP contribution is 2.25. The van der Waals surface area contributed by atoms with Gasteiger partial charge in [-0.25, -0.2) is 9.79 Å². The predicted molar refractivity (Wildman–Crippen MR) is 92.6 cm³/mol. The summed E-state index contributed by atoms with van der Waals surface area (Å²) in [6, 6.07) is 11.9. The molecule has 7 heteroatoms. The summed E-state index contributed by atoms with van der Waals surface area (Å²) in [4.78, 5) is 26.6. The molecule has 1 heterocycles. The number of cyclic esters (lactones) is 1. The molecule has 0 unspecified atom stereocenters. The third-order valence-corrected chi connectivity index (χ3v) is 4.18. The van der Waals surface area contributed by atoms with Gasteiger partial charge in [0.2, 0.25) is 5.90 Å². The molecule has 0 aromatic heterocycles. The van der Waals surface area contributed by atoms with Crippen LogP contribution in [0, 0.1) is 17.0 Å². The second-order valence-corrected chi connectivity index (χ2v) is 5.97. The van der Waals surface area contributed by atoms with E-state index in [2.05, 4.69) is 20.9 Å². The Balaban J connectivity index is 1.96. The lowest BCUT2D eigenvalue weighted by Gasteiger charge is -2.01. The number of carbonyl (C=O) groups excluding carboxylic acids is 1. The fraction of sp³-hybridized carbons (Fsp3) is 0.0588. The summed E-state index contributed by atoms with van der Waals surface area (Å²) >= 11 is 3.41. The van der Waals surface area contributed by atoms with Crippen molar-refractivity contribution in [1.29, 1.82) is 0 Å². The van der Waals surface area contributed by atoms with E-state index in [9.17, 15) is 14.9 Å². The van der Waals surface area contributed by atoms with Crippen LogP contribution in [0.15, 0.2) is 57.6 Å². The van der Waals surface area contributed by atoms with Gasteiger partial charge in [0.05, 0.1) is 4.92 Å². The number of ether oxygens (including phenoxy) is 1. The molecule has 0 amide bonds. The molecule has 2 aromatic carbocycles. The Morgan fingerprint density at radius 1 is 1.25 bits per heavy atom. The Kier molecular flexibility index (Phi) is 4.26. The summed E-state index contributed by atoms with van der Waals surface area (Å²) in [6.07, 6.45) is 1.62. The zero-order chi connectivity index (χ0) is 17.3. The molecule has 0 radical (unpaired) electrons. The number of aliphatic imine (C=N–C) groups is 1. The van der Waals surface area contributed by atoms with Crippen LogP contribution in [0.3, 0.4) is 0 Å². The molecule has 0 saturated heterocycles. The van der Waals surface area contributed by atoms with Gasteiger partial charge in [-0.05, 0) is 36.8 Å². The first-order valence-electron chi connectivity index (χ1n) is 6.98. The Hall–Kier alpha value is -2.80. The molecule has 3 rings (SSSR count). The van der Waals surface area contributed by atoms with Gasteiger partial charge in [0, 0.05) is 21.7 Å². The molecule has 1 aliphatic heterocycles. The Morgan fingerprint density at radius 2 is 2.00 bits per heavy atom. The summed E-state index contributed by atoms with van der Waals surface area (Å²) in [7, 11) is 0. The molecule has 0 aliphatic carbocycles. The van der Waals surface area contributed by atoms with E-state index in [1.165, 1.54) is 12.1 Å². The van der Waals surface area contributed by atoms with Crippen LogP contribution in [-0.2, 0) is 9.53 Å². The monoisotopic (exact) mass is 386 g/mol. The van der Waals surface area contributed by atoms with Crippen molar-refractivity contribution in [3.63, 3.8) is 0 Å². The molecular formula is C17H11BrN2O4.